The molecule has 1 amide bonds. The monoisotopic (exact) mass is 173 g/mol. The van der Waals surface area contributed by atoms with Crippen LogP contribution >= 0.6 is 0 Å². The maximum Gasteiger partial charge on any atom is 0.374 e. The first-order valence-electron chi connectivity index (χ1n) is 3.49. The standard InChI is InChI=1S/C7H11NO4/c1-4(2)6(10)8-3-5(9)7(11)12/h4H,3H2,1-2H3,(H,8,10)(H,11,12). The van der Waals surface area contributed by atoms with E-state index in [9.17, 15) is 14.4 Å². The SMILES string of the molecule is CC(C)C(=O)NCC(=O)C(=O)O. The number of hydrogen-bond acceptors (Lipinski definition) is 3. The van der Waals surface area contributed by atoms with Gasteiger partial charge in [0.25, 0.3) is 5.78 Å². The molecular weight excluding hydrogens is 162 g/mol. The number of ketones is 1. The summed E-state index contributed by atoms with van der Waals surface area (Å²) in [5.41, 5.74) is 0. The lowest BCUT2D eigenvalue weighted by atomic mass is 10.2. The van der Waals surface area contributed by atoms with Crippen LogP contribution in [0.3, 0.4) is 0 Å². The van der Waals surface area contributed by atoms with E-state index in [-0.39, 0.29) is 11.8 Å². The Morgan fingerprint density at radius 3 is 2.17 bits per heavy atom. The summed E-state index contributed by atoms with van der Waals surface area (Å²) in [4.78, 5) is 31.3. The molecule has 0 aromatic carbocycles. The third-order valence-corrected chi connectivity index (χ3v) is 1.19. The number of rotatable bonds is 4. The van der Waals surface area contributed by atoms with Crippen molar-refractivity contribution >= 4 is 17.7 Å². The molecule has 0 saturated carbocycles. The molecule has 0 radical (unpaired) electrons. The van der Waals surface area contributed by atoms with Gasteiger partial charge >= 0.3 is 5.97 Å². The summed E-state index contributed by atoms with van der Waals surface area (Å²) in [5, 5.41) is 10.3. The molecule has 0 rings (SSSR count). The number of amides is 1. The van der Waals surface area contributed by atoms with Gasteiger partial charge in [-0.25, -0.2) is 4.79 Å². The number of nitrogens with one attached hydrogen (secondary N) is 1. The lowest BCUT2D eigenvalue weighted by molar-refractivity contribution is -0.148. The third-order valence-electron chi connectivity index (χ3n) is 1.19. The molecule has 0 saturated heterocycles. The summed E-state index contributed by atoms with van der Waals surface area (Å²) in [6.45, 7) is 2.87. The zero-order valence-corrected chi connectivity index (χ0v) is 6.96. The van der Waals surface area contributed by atoms with Gasteiger partial charge in [0.05, 0.1) is 6.54 Å². The number of Topliss-reactive ketones (excluding diaryl/α,β-unsaturated/α-hetero) is 1. The summed E-state index contributed by atoms with van der Waals surface area (Å²) < 4.78 is 0. The van der Waals surface area contributed by atoms with E-state index in [1.807, 2.05) is 0 Å². The van der Waals surface area contributed by atoms with Crippen LogP contribution in [0.25, 0.3) is 0 Å². The van der Waals surface area contributed by atoms with Gasteiger partial charge in [0.15, 0.2) is 0 Å². The molecule has 0 heterocycles. The van der Waals surface area contributed by atoms with E-state index in [1.54, 1.807) is 13.8 Å². The van der Waals surface area contributed by atoms with Crippen LogP contribution in [0.15, 0.2) is 0 Å². The van der Waals surface area contributed by atoms with Gasteiger partial charge in [0.1, 0.15) is 0 Å². The Labute approximate surface area is 69.8 Å². The van der Waals surface area contributed by atoms with Crippen molar-refractivity contribution in [1.29, 1.82) is 0 Å². The van der Waals surface area contributed by atoms with E-state index in [4.69, 9.17) is 5.11 Å². The molecule has 0 bridgehead atoms. The van der Waals surface area contributed by atoms with Gasteiger partial charge in [0, 0.05) is 5.92 Å². The summed E-state index contributed by atoms with van der Waals surface area (Å²) >= 11 is 0. The molecule has 0 unspecified atom stereocenters. The fraction of sp³-hybridized carbons (Fsp3) is 0.571. The summed E-state index contributed by atoms with van der Waals surface area (Å²) in [7, 11) is 0. The molecule has 2 N–H and O–H groups in total. The number of carbonyl (C=O) groups is 3. The molecule has 0 aliphatic heterocycles. The number of hydrogen-bond donors (Lipinski definition) is 2. The second-order valence-electron chi connectivity index (χ2n) is 2.60. The van der Waals surface area contributed by atoms with Crippen LogP contribution in [0.5, 0.6) is 0 Å². The zero-order chi connectivity index (χ0) is 9.72. The minimum Gasteiger partial charge on any atom is -0.475 e. The highest BCUT2D eigenvalue weighted by molar-refractivity contribution is 6.33. The van der Waals surface area contributed by atoms with Crippen LogP contribution in [0.2, 0.25) is 0 Å². The van der Waals surface area contributed by atoms with Gasteiger partial charge in [-0.05, 0) is 0 Å². The number of aliphatic carboxylic acids is 1. The topological polar surface area (TPSA) is 83.5 Å². The lowest BCUT2D eigenvalue weighted by Crippen LogP contribution is -2.35. The first-order chi connectivity index (χ1) is 5.45. The second kappa shape index (κ2) is 4.48. The van der Waals surface area contributed by atoms with Crippen molar-refractivity contribution in [2.75, 3.05) is 6.54 Å². The molecule has 0 atom stereocenters. The molecule has 5 heteroatoms. The van der Waals surface area contributed by atoms with Gasteiger partial charge < -0.3 is 10.4 Å². The highest BCUT2D eigenvalue weighted by atomic mass is 16.4. The predicted molar refractivity (Wildman–Crippen MR) is 40.5 cm³/mol. The van der Waals surface area contributed by atoms with Gasteiger partial charge in [-0.15, -0.1) is 0 Å². The second-order valence-corrected chi connectivity index (χ2v) is 2.60. The van der Waals surface area contributed by atoms with Gasteiger partial charge in [-0.3, -0.25) is 9.59 Å². The summed E-state index contributed by atoms with van der Waals surface area (Å²) in [6.07, 6.45) is 0. The van der Waals surface area contributed by atoms with Crippen LogP contribution in [0.1, 0.15) is 13.8 Å². The number of carboxylic acids is 1. The molecule has 5 nitrogen and oxygen atoms in total. The minimum absolute atomic E-state index is 0.244. The normalized spacial score (nSPS) is 9.58. The molecule has 0 aromatic heterocycles. The smallest absolute Gasteiger partial charge is 0.374 e. The van der Waals surface area contributed by atoms with Crippen LogP contribution < -0.4 is 5.32 Å². The van der Waals surface area contributed by atoms with Crippen molar-refractivity contribution in [3.8, 4) is 0 Å². The first kappa shape index (κ1) is 10.6. The van der Waals surface area contributed by atoms with Crippen molar-refractivity contribution in [3.63, 3.8) is 0 Å². The average molecular weight is 173 g/mol. The van der Waals surface area contributed by atoms with Crippen LogP contribution in [0, 0.1) is 5.92 Å². The van der Waals surface area contributed by atoms with Gasteiger partial charge in [-0.1, -0.05) is 13.8 Å². The van der Waals surface area contributed by atoms with Crippen molar-refractivity contribution in [2.24, 2.45) is 5.92 Å². The highest BCUT2D eigenvalue weighted by Crippen LogP contribution is 1.89. The molecule has 68 valence electrons. The largest absolute Gasteiger partial charge is 0.475 e. The summed E-state index contributed by atoms with van der Waals surface area (Å²) in [5.74, 6) is -3.11. The van der Waals surface area contributed by atoms with E-state index in [0.29, 0.717) is 0 Å². The molecule has 0 aliphatic rings. The van der Waals surface area contributed by atoms with Crippen molar-refractivity contribution in [1.82, 2.24) is 5.32 Å². The Bertz CT molecular complexity index is 209. The van der Waals surface area contributed by atoms with Gasteiger partial charge in [0.2, 0.25) is 5.91 Å². The minimum atomic E-state index is -1.53. The molecular formula is C7H11NO4. The molecule has 0 aromatic rings. The average Bonchev–Trinajstić information content (AvgIpc) is 1.98. The third kappa shape index (κ3) is 3.70. The van der Waals surface area contributed by atoms with Crippen molar-refractivity contribution in [2.45, 2.75) is 13.8 Å². The van der Waals surface area contributed by atoms with Crippen LogP contribution in [0.4, 0.5) is 0 Å². The fourth-order valence-electron chi connectivity index (χ4n) is 0.447. The fourth-order valence-corrected chi connectivity index (χ4v) is 0.447. The maximum absolute atomic E-state index is 10.8. The Morgan fingerprint density at radius 1 is 1.33 bits per heavy atom. The predicted octanol–water partition coefficient (Wildman–Crippen LogP) is -0.588. The Kier molecular flexibility index (Phi) is 3.96. The van der Waals surface area contributed by atoms with Crippen molar-refractivity contribution in [3.05, 3.63) is 0 Å². The van der Waals surface area contributed by atoms with E-state index < -0.39 is 18.3 Å². The Balaban J connectivity index is 3.77. The molecule has 0 spiro atoms. The summed E-state index contributed by atoms with van der Waals surface area (Å²) in [6, 6.07) is 0. The molecule has 0 fully saturated rings. The first-order valence-corrected chi connectivity index (χ1v) is 3.49. The molecule has 12 heavy (non-hydrogen) atoms. The van der Waals surface area contributed by atoms with E-state index >= 15 is 0 Å². The molecule has 0 aliphatic carbocycles. The van der Waals surface area contributed by atoms with Crippen molar-refractivity contribution < 1.29 is 19.5 Å². The lowest BCUT2D eigenvalue weighted by Gasteiger charge is -2.04. The maximum atomic E-state index is 10.8. The van der Waals surface area contributed by atoms with Gasteiger partial charge in [-0.2, -0.15) is 0 Å². The van der Waals surface area contributed by atoms with E-state index in [2.05, 4.69) is 5.32 Å². The Morgan fingerprint density at radius 2 is 1.83 bits per heavy atom. The van der Waals surface area contributed by atoms with Crippen LogP contribution in [-0.2, 0) is 14.4 Å². The number of carboxylic acid groups (broad SMARTS) is 1. The zero-order valence-electron chi connectivity index (χ0n) is 6.96. The van der Waals surface area contributed by atoms with E-state index in [1.165, 1.54) is 0 Å². The Hall–Kier alpha value is -1.39. The highest BCUT2D eigenvalue weighted by Gasteiger charge is 2.13. The quantitative estimate of drug-likeness (QED) is 0.557. The van der Waals surface area contributed by atoms with E-state index in [0.717, 1.165) is 0 Å². The number of carbonyl (C=O) groups excluding carboxylic acids is 2. The van der Waals surface area contributed by atoms with Crippen LogP contribution in [-0.4, -0.2) is 29.3 Å².